The summed E-state index contributed by atoms with van der Waals surface area (Å²) in [5.74, 6) is 0.359. The van der Waals surface area contributed by atoms with E-state index in [2.05, 4.69) is 0 Å². The molecule has 0 aromatic heterocycles. The minimum atomic E-state index is -3.20. The van der Waals surface area contributed by atoms with E-state index in [1.807, 2.05) is 20.8 Å². The van der Waals surface area contributed by atoms with Crippen molar-refractivity contribution >= 4 is 10.0 Å². The molecule has 2 atom stereocenters. The Morgan fingerprint density at radius 2 is 2.12 bits per heavy atom. The molecule has 0 spiro atoms. The molecule has 102 valence electrons. The van der Waals surface area contributed by atoms with Crippen molar-refractivity contribution < 1.29 is 13.2 Å². The Kier molecular flexibility index (Phi) is 5.37. The maximum absolute atomic E-state index is 12.1. The fourth-order valence-electron chi connectivity index (χ4n) is 2.17. The van der Waals surface area contributed by atoms with Gasteiger partial charge in [0.15, 0.2) is 0 Å². The topological polar surface area (TPSA) is 72.6 Å². The highest BCUT2D eigenvalue weighted by molar-refractivity contribution is 7.89. The Morgan fingerprint density at radius 3 is 2.59 bits per heavy atom. The molecule has 1 aliphatic rings. The van der Waals surface area contributed by atoms with Crippen LogP contribution in [0.2, 0.25) is 0 Å². The molecular formula is C11H24N2O3S. The summed E-state index contributed by atoms with van der Waals surface area (Å²) < 4.78 is 31.1. The molecule has 1 aliphatic heterocycles. The summed E-state index contributed by atoms with van der Waals surface area (Å²) in [4.78, 5) is 0. The van der Waals surface area contributed by atoms with Crippen molar-refractivity contribution in [2.24, 2.45) is 11.7 Å². The van der Waals surface area contributed by atoms with Gasteiger partial charge in [-0.3, -0.25) is 0 Å². The maximum Gasteiger partial charge on any atom is 0.216 e. The molecule has 0 aromatic carbocycles. The van der Waals surface area contributed by atoms with Gasteiger partial charge in [0.25, 0.3) is 0 Å². The SMILES string of the molecule is CC(C)OCCS(=O)(=O)N1CC(CN)CC1C. The van der Waals surface area contributed by atoms with Gasteiger partial charge in [0, 0.05) is 12.6 Å². The highest BCUT2D eigenvalue weighted by atomic mass is 32.2. The van der Waals surface area contributed by atoms with Crippen molar-refractivity contribution in [3.63, 3.8) is 0 Å². The Morgan fingerprint density at radius 1 is 1.47 bits per heavy atom. The van der Waals surface area contributed by atoms with Gasteiger partial charge in [0.05, 0.1) is 18.5 Å². The molecule has 1 rings (SSSR count). The lowest BCUT2D eigenvalue weighted by Gasteiger charge is -2.21. The molecule has 0 aromatic rings. The highest BCUT2D eigenvalue weighted by Crippen LogP contribution is 2.25. The van der Waals surface area contributed by atoms with E-state index in [0.29, 0.717) is 19.0 Å². The average molecular weight is 264 g/mol. The highest BCUT2D eigenvalue weighted by Gasteiger charge is 2.35. The summed E-state index contributed by atoms with van der Waals surface area (Å²) in [7, 11) is -3.20. The molecule has 2 unspecified atom stereocenters. The molecule has 1 saturated heterocycles. The summed E-state index contributed by atoms with van der Waals surface area (Å²) in [6, 6.07) is 0.0626. The van der Waals surface area contributed by atoms with Gasteiger partial charge in [-0.15, -0.1) is 0 Å². The first kappa shape index (κ1) is 14.9. The van der Waals surface area contributed by atoms with Crippen molar-refractivity contribution in [3.8, 4) is 0 Å². The normalized spacial score (nSPS) is 26.9. The van der Waals surface area contributed by atoms with Gasteiger partial charge in [-0.25, -0.2) is 8.42 Å². The monoisotopic (exact) mass is 264 g/mol. The molecule has 1 heterocycles. The zero-order valence-electron chi connectivity index (χ0n) is 10.9. The van der Waals surface area contributed by atoms with E-state index in [9.17, 15) is 8.42 Å². The Labute approximate surface area is 104 Å². The number of nitrogens with two attached hydrogens (primary N) is 1. The molecule has 5 nitrogen and oxygen atoms in total. The smallest absolute Gasteiger partial charge is 0.216 e. The zero-order valence-corrected chi connectivity index (χ0v) is 11.7. The molecule has 2 N–H and O–H groups in total. The Hall–Kier alpha value is -0.170. The molecule has 0 radical (unpaired) electrons. The average Bonchev–Trinajstić information content (AvgIpc) is 2.59. The lowest BCUT2D eigenvalue weighted by molar-refractivity contribution is 0.0906. The maximum atomic E-state index is 12.1. The van der Waals surface area contributed by atoms with Crippen molar-refractivity contribution in [2.75, 3.05) is 25.4 Å². The molecule has 0 aliphatic carbocycles. The van der Waals surface area contributed by atoms with Crippen molar-refractivity contribution in [1.29, 1.82) is 0 Å². The van der Waals surface area contributed by atoms with Gasteiger partial charge in [0.2, 0.25) is 10.0 Å². The second kappa shape index (κ2) is 6.13. The lowest BCUT2D eigenvalue weighted by Crippen LogP contribution is -2.37. The van der Waals surface area contributed by atoms with Crippen LogP contribution in [-0.4, -0.2) is 50.3 Å². The van der Waals surface area contributed by atoms with Crippen LogP contribution in [0.4, 0.5) is 0 Å². The van der Waals surface area contributed by atoms with Gasteiger partial charge < -0.3 is 10.5 Å². The van der Waals surface area contributed by atoms with Crippen LogP contribution >= 0.6 is 0 Å². The van der Waals surface area contributed by atoms with E-state index in [-0.39, 0.29) is 24.5 Å². The fourth-order valence-corrected chi connectivity index (χ4v) is 3.79. The van der Waals surface area contributed by atoms with Crippen LogP contribution in [0.5, 0.6) is 0 Å². The summed E-state index contributed by atoms with van der Waals surface area (Å²) in [6.07, 6.45) is 0.929. The minimum Gasteiger partial charge on any atom is -0.378 e. The summed E-state index contributed by atoms with van der Waals surface area (Å²) >= 11 is 0. The van der Waals surface area contributed by atoms with Crippen molar-refractivity contribution in [3.05, 3.63) is 0 Å². The Bertz CT molecular complexity index is 330. The van der Waals surface area contributed by atoms with Gasteiger partial charge >= 0.3 is 0 Å². The van der Waals surface area contributed by atoms with E-state index in [0.717, 1.165) is 6.42 Å². The molecule has 0 amide bonds. The Balaban J connectivity index is 2.52. The third-order valence-corrected chi connectivity index (χ3v) is 4.99. The van der Waals surface area contributed by atoms with E-state index >= 15 is 0 Å². The van der Waals surface area contributed by atoms with E-state index in [1.54, 1.807) is 4.31 Å². The van der Waals surface area contributed by atoms with Crippen molar-refractivity contribution in [1.82, 2.24) is 4.31 Å². The van der Waals surface area contributed by atoms with Crippen LogP contribution in [0.25, 0.3) is 0 Å². The summed E-state index contributed by atoms with van der Waals surface area (Å²) in [6.45, 7) is 7.11. The van der Waals surface area contributed by atoms with E-state index < -0.39 is 10.0 Å². The fraction of sp³-hybridized carbons (Fsp3) is 1.00. The second-order valence-corrected chi connectivity index (χ2v) is 7.03. The number of ether oxygens (including phenoxy) is 1. The quantitative estimate of drug-likeness (QED) is 0.754. The number of hydrogen-bond donors (Lipinski definition) is 1. The van der Waals surface area contributed by atoms with Crippen molar-refractivity contribution in [2.45, 2.75) is 39.3 Å². The third-order valence-electron chi connectivity index (χ3n) is 3.09. The third kappa shape index (κ3) is 4.21. The number of rotatable bonds is 6. The predicted molar refractivity (Wildman–Crippen MR) is 68.2 cm³/mol. The molecule has 0 saturated carbocycles. The van der Waals surface area contributed by atoms with Gasteiger partial charge in [0.1, 0.15) is 0 Å². The van der Waals surface area contributed by atoms with Crippen LogP contribution in [0.15, 0.2) is 0 Å². The lowest BCUT2D eigenvalue weighted by atomic mass is 10.1. The second-order valence-electron chi connectivity index (χ2n) is 4.99. The standard InChI is InChI=1S/C11H24N2O3S/c1-9(2)16-4-5-17(14,15)13-8-11(7-12)6-10(13)3/h9-11H,4-8,12H2,1-3H3. The first-order valence-corrected chi connectivity index (χ1v) is 7.79. The minimum absolute atomic E-state index is 0.0623. The van der Waals surface area contributed by atoms with Gasteiger partial charge in [-0.1, -0.05) is 0 Å². The number of nitrogens with zero attached hydrogens (tertiary/aromatic N) is 1. The van der Waals surface area contributed by atoms with Crippen LogP contribution in [0, 0.1) is 5.92 Å². The summed E-state index contributed by atoms with van der Waals surface area (Å²) in [5, 5.41) is 0. The number of sulfonamides is 1. The molecular weight excluding hydrogens is 240 g/mol. The van der Waals surface area contributed by atoms with E-state index in [1.165, 1.54) is 0 Å². The van der Waals surface area contributed by atoms with Crippen LogP contribution < -0.4 is 5.73 Å². The summed E-state index contributed by atoms with van der Waals surface area (Å²) in [5.41, 5.74) is 5.60. The van der Waals surface area contributed by atoms with Crippen LogP contribution in [0.3, 0.4) is 0 Å². The first-order chi connectivity index (χ1) is 7.86. The van der Waals surface area contributed by atoms with Crippen LogP contribution in [-0.2, 0) is 14.8 Å². The predicted octanol–water partition coefficient (Wildman–Crippen LogP) is 0.410. The van der Waals surface area contributed by atoms with Gasteiger partial charge in [-0.2, -0.15) is 4.31 Å². The molecule has 0 bridgehead atoms. The molecule has 6 heteroatoms. The molecule has 1 fully saturated rings. The zero-order chi connectivity index (χ0) is 13.1. The van der Waals surface area contributed by atoms with Gasteiger partial charge in [-0.05, 0) is 39.7 Å². The van der Waals surface area contributed by atoms with E-state index in [4.69, 9.17) is 10.5 Å². The largest absolute Gasteiger partial charge is 0.378 e. The van der Waals surface area contributed by atoms with Crippen LogP contribution in [0.1, 0.15) is 27.2 Å². The first-order valence-electron chi connectivity index (χ1n) is 6.18. The molecule has 17 heavy (non-hydrogen) atoms. The number of hydrogen-bond acceptors (Lipinski definition) is 4.